The summed E-state index contributed by atoms with van der Waals surface area (Å²) in [5.74, 6) is 1.44. The molecule has 0 aliphatic rings. The minimum atomic E-state index is -0.981. The van der Waals surface area contributed by atoms with E-state index in [0.29, 0.717) is 40.4 Å². The lowest BCUT2D eigenvalue weighted by atomic mass is 9.96. The van der Waals surface area contributed by atoms with E-state index in [1.54, 1.807) is 43.7 Å². The van der Waals surface area contributed by atoms with Gasteiger partial charge in [-0.1, -0.05) is 38.1 Å². The summed E-state index contributed by atoms with van der Waals surface area (Å²) in [4.78, 5) is 29.8. The maximum absolute atomic E-state index is 13.8. The number of rotatable bonds is 11. The maximum Gasteiger partial charge on any atom is 0.335 e. The average molecular weight is 606 g/mol. The second-order valence-corrected chi connectivity index (χ2v) is 10.8. The molecule has 9 heteroatoms. The Kier molecular flexibility index (Phi) is 9.28. The minimum absolute atomic E-state index is 0.187. The summed E-state index contributed by atoms with van der Waals surface area (Å²) in [6.45, 7) is 8.92. The summed E-state index contributed by atoms with van der Waals surface area (Å²) in [6.07, 6.45) is 1.59. The van der Waals surface area contributed by atoms with E-state index in [9.17, 15) is 9.59 Å². The van der Waals surface area contributed by atoms with Crippen LogP contribution in [0.25, 0.3) is 22.3 Å². The largest absolute Gasteiger partial charge is 0.494 e. The Morgan fingerprint density at radius 2 is 1.73 bits per heavy atom. The predicted molar refractivity (Wildman–Crippen MR) is 175 cm³/mol. The number of aromatic nitrogens is 2. The lowest BCUT2D eigenvalue weighted by Crippen LogP contribution is -2.21. The van der Waals surface area contributed by atoms with Gasteiger partial charge in [-0.3, -0.25) is 4.79 Å². The average Bonchev–Trinajstić information content (AvgIpc) is 3.03. The van der Waals surface area contributed by atoms with Gasteiger partial charge in [0.15, 0.2) is 17.3 Å². The summed E-state index contributed by atoms with van der Waals surface area (Å²) < 4.78 is 18.8. The molecule has 1 N–H and O–H groups in total. The SMILES string of the molecule is CCOc1cc(C)c(-c2nc3ccccc3c(=O)n2N=Cc2ccc(OCc3ccc(C(=O)O)cc3)c(OC)c2)cc1C(C)C. The monoisotopic (exact) mass is 605 g/mol. The molecule has 0 atom stereocenters. The topological polar surface area (TPSA) is 112 Å². The highest BCUT2D eigenvalue weighted by Crippen LogP contribution is 2.34. The van der Waals surface area contributed by atoms with Gasteiger partial charge in [-0.15, -0.1) is 0 Å². The quantitative estimate of drug-likeness (QED) is 0.160. The Morgan fingerprint density at radius 1 is 0.978 bits per heavy atom. The lowest BCUT2D eigenvalue weighted by molar-refractivity contribution is 0.0697. The van der Waals surface area contributed by atoms with Crippen LogP contribution in [0.5, 0.6) is 17.2 Å². The molecule has 5 rings (SSSR count). The zero-order valence-electron chi connectivity index (χ0n) is 25.9. The number of hydrogen-bond acceptors (Lipinski definition) is 7. The number of methoxy groups -OCH3 is 1. The number of carbonyl (C=O) groups is 1. The number of carboxylic acids is 1. The fourth-order valence-corrected chi connectivity index (χ4v) is 4.99. The zero-order chi connectivity index (χ0) is 32.1. The molecule has 0 fully saturated rings. The zero-order valence-corrected chi connectivity index (χ0v) is 25.9. The first kappa shape index (κ1) is 31.0. The first-order valence-electron chi connectivity index (χ1n) is 14.7. The van der Waals surface area contributed by atoms with Gasteiger partial charge in [0.2, 0.25) is 0 Å². The standard InChI is InChI=1S/C36H35N3O6/c1-6-44-32-17-23(4)29(19-28(32)22(2)3)34-38-30-10-8-7-9-27(30)35(40)39(34)37-20-25-13-16-31(33(18-25)43-5)45-21-24-11-14-26(15-12-24)36(41)42/h7-20,22H,6,21H2,1-5H3,(H,41,42). The van der Waals surface area contributed by atoms with Crippen LogP contribution in [0.1, 0.15) is 59.3 Å². The van der Waals surface area contributed by atoms with Gasteiger partial charge in [-0.25, -0.2) is 9.78 Å². The number of benzene rings is 4. The highest BCUT2D eigenvalue weighted by Gasteiger charge is 2.19. The van der Waals surface area contributed by atoms with Gasteiger partial charge in [-0.2, -0.15) is 9.78 Å². The van der Waals surface area contributed by atoms with E-state index in [0.717, 1.165) is 28.0 Å². The molecule has 0 bridgehead atoms. The number of aromatic carboxylic acids is 1. The number of ether oxygens (including phenoxy) is 3. The van der Waals surface area contributed by atoms with E-state index in [1.807, 2.05) is 50.2 Å². The number of carboxylic acid groups (broad SMARTS) is 1. The van der Waals surface area contributed by atoms with Crippen molar-refractivity contribution in [2.45, 2.75) is 40.2 Å². The predicted octanol–water partition coefficient (Wildman–Crippen LogP) is 7.06. The first-order chi connectivity index (χ1) is 21.7. The molecule has 4 aromatic carbocycles. The molecule has 0 saturated heterocycles. The van der Waals surface area contributed by atoms with E-state index in [-0.39, 0.29) is 23.6 Å². The van der Waals surface area contributed by atoms with Gasteiger partial charge < -0.3 is 19.3 Å². The molecule has 5 aromatic rings. The Bertz CT molecular complexity index is 1940. The lowest BCUT2D eigenvalue weighted by Gasteiger charge is -2.18. The van der Waals surface area contributed by atoms with Crippen LogP contribution in [0.15, 0.2) is 88.8 Å². The molecule has 0 aliphatic carbocycles. The molecule has 0 amide bonds. The number of para-hydroxylation sites is 1. The van der Waals surface area contributed by atoms with Crippen LogP contribution in [-0.4, -0.2) is 40.7 Å². The van der Waals surface area contributed by atoms with Crippen molar-refractivity contribution in [1.82, 2.24) is 9.66 Å². The molecule has 1 heterocycles. The third kappa shape index (κ3) is 6.72. The molecule has 0 saturated carbocycles. The molecule has 0 unspecified atom stereocenters. The second kappa shape index (κ2) is 13.5. The fraction of sp³-hybridized carbons (Fsp3) is 0.222. The minimum Gasteiger partial charge on any atom is -0.494 e. The third-order valence-electron chi connectivity index (χ3n) is 7.38. The molecule has 230 valence electrons. The summed E-state index contributed by atoms with van der Waals surface area (Å²) >= 11 is 0. The normalized spacial score (nSPS) is 11.3. The van der Waals surface area contributed by atoms with Gasteiger partial charge >= 0.3 is 5.97 Å². The van der Waals surface area contributed by atoms with Crippen LogP contribution in [0, 0.1) is 6.92 Å². The van der Waals surface area contributed by atoms with E-state index < -0.39 is 5.97 Å². The van der Waals surface area contributed by atoms with Crippen molar-refractivity contribution in [3.8, 4) is 28.6 Å². The van der Waals surface area contributed by atoms with Crippen molar-refractivity contribution >= 4 is 23.1 Å². The highest BCUT2D eigenvalue weighted by atomic mass is 16.5. The smallest absolute Gasteiger partial charge is 0.335 e. The van der Waals surface area contributed by atoms with Crippen molar-refractivity contribution < 1.29 is 24.1 Å². The number of fused-ring (bicyclic) bond motifs is 1. The third-order valence-corrected chi connectivity index (χ3v) is 7.38. The van der Waals surface area contributed by atoms with E-state index >= 15 is 0 Å². The van der Waals surface area contributed by atoms with Gasteiger partial charge in [0, 0.05) is 5.56 Å². The van der Waals surface area contributed by atoms with Crippen LogP contribution in [0.3, 0.4) is 0 Å². The van der Waals surface area contributed by atoms with Crippen molar-refractivity contribution in [3.63, 3.8) is 0 Å². The number of hydrogen-bond donors (Lipinski definition) is 1. The van der Waals surface area contributed by atoms with Crippen LogP contribution in [0.4, 0.5) is 0 Å². The van der Waals surface area contributed by atoms with Gasteiger partial charge in [-0.05, 0) is 96.6 Å². The Labute approximate surface area is 261 Å². The number of aryl methyl sites for hydroxylation is 1. The van der Waals surface area contributed by atoms with Gasteiger partial charge in [0.25, 0.3) is 5.56 Å². The Hall–Kier alpha value is -5.44. The van der Waals surface area contributed by atoms with E-state index in [2.05, 4.69) is 18.9 Å². The fourth-order valence-electron chi connectivity index (χ4n) is 4.99. The summed E-state index contributed by atoms with van der Waals surface area (Å²) in [7, 11) is 1.54. The van der Waals surface area contributed by atoms with Crippen LogP contribution in [0.2, 0.25) is 0 Å². The van der Waals surface area contributed by atoms with Crippen molar-refractivity contribution in [2.24, 2.45) is 5.10 Å². The second-order valence-electron chi connectivity index (χ2n) is 10.8. The molecule has 45 heavy (non-hydrogen) atoms. The molecule has 0 radical (unpaired) electrons. The van der Waals surface area contributed by atoms with Crippen LogP contribution >= 0.6 is 0 Å². The number of nitrogens with zero attached hydrogens (tertiary/aromatic N) is 3. The Morgan fingerprint density at radius 3 is 2.42 bits per heavy atom. The maximum atomic E-state index is 13.8. The van der Waals surface area contributed by atoms with Crippen molar-refractivity contribution in [3.05, 3.63) is 117 Å². The van der Waals surface area contributed by atoms with E-state index in [1.165, 1.54) is 16.8 Å². The molecule has 9 nitrogen and oxygen atoms in total. The first-order valence-corrected chi connectivity index (χ1v) is 14.7. The van der Waals surface area contributed by atoms with Crippen molar-refractivity contribution in [2.75, 3.05) is 13.7 Å². The molecule has 1 aromatic heterocycles. The summed E-state index contributed by atoms with van der Waals surface area (Å²) in [6, 6.07) is 23.1. The Balaban J connectivity index is 1.52. The highest BCUT2D eigenvalue weighted by molar-refractivity contribution is 5.87. The summed E-state index contributed by atoms with van der Waals surface area (Å²) in [5.41, 5.74) is 4.73. The summed E-state index contributed by atoms with van der Waals surface area (Å²) in [5, 5.41) is 14.2. The molecular formula is C36H35N3O6. The van der Waals surface area contributed by atoms with Crippen LogP contribution in [-0.2, 0) is 6.61 Å². The van der Waals surface area contributed by atoms with E-state index in [4.69, 9.17) is 24.3 Å². The molecule has 0 aliphatic heterocycles. The van der Waals surface area contributed by atoms with Gasteiger partial charge in [0.1, 0.15) is 12.4 Å². The molecule has 0 spiro atoms. The molecular weight excluding hydrogens is 570 g/mol. The van der Waals surface area contributed by atoms with Crippen LogP contribution < -0.4 is 19.8 Å². The van der Waals surface area contributed by atoms with Gasteiger partial charge in [0.05, 0.1) is 36.4 Å². The van der Waals surface area contributed by atoms with Crippen molar-refractivity contribution in [1.29, 1.82) is 0 Å².